The van der Waals surface area contributed by atoms with Gasteiger partial charge in [-0.1, -0.05) is 6.07 Å². The van der Waals surface area contributed by atoms with Crippen LogP contribution in [0.5, 0.6) is 0 Å². The molecule has 3 aromatic rings. The SMILES string of the molecule is Cc1cc(C)cc(NC(=O)c2csc(Nc3nc(C)cc(C)n3)n2)c1. The molecule has 7 heteroatoms. The first-order chi connectivity index (χ1) is 11.9. The summed E-state index contributed by atoms with van der Waals surface area (Å²) in [6.07, 6.45) is 0. The van der Waals surface area contributed by atoms with Gasteiger partial charge in [0.25, 0.3) is 5.91 Å². The molecule has 0 saturated heterocycles. The average molecular weight is 353 g/mol. The Hall–Kier alpha value is -2.80. The lowest BCUT2D eigenvalue weighted by Gasteiger charge is -2.06. The summed E-state index contributed by atoms with van der Waals surface area (Å²) in [6.45, 7) is 7.81. The van der Waals surface area contributed by atoms with E-state index in [2.05, 4.69) is 31.7 Å². The second kappa shape index (κ2) is 6.98. The van der Waals surface area contributed by atoms with E-state index in [-0.39, 0.29) is 5.91 Å². The first-order valence-corrected chi connectivity index (χ1v) is 8.71. The van der Waals surface area contributed by atoms with Crippen molar-refractivity contribution in [2.45, 2.75) is 27.7 Å². The van der Waals surface area contributed by atoms with Gasteiger partial charge in [0.2, 0.25) is 5.95 Å². The van der Waals surface area contributed by atoms with Gasteiger partial charge in [-0.05, 0) is 57.0 Å². The van der Waals surface area contributed by atoms with Gasteiger partial charge in [0.1, 0.15) is 5.69 Å². The molecule has 2 N–H and O–H groups in total. The molecule has 0 radical (unpaired) electrons. The fraction of sp³-hybridized carbons (Fsp3) is 0.222. The molecular formula is C18H19N5OS. The molecule has 2 aromatic heterocycles. The average Bonchev–Trinajstić information content (AvgIpc) is 2.93. The molecule has 0 atom stereocenters. The molecule has 2 heterocycles. The number of carbonyl (C=O) groups is 1. The van der Waals surface area contributed by atoms with Crippen LogP contribution in [0, 0.1) is 27.7 Å². The van der Waals surface area contributed by atoms with Crippen molar-refractivity contribution >= 4 is 34.0 Å². The largest absolute Gasteiger partial charge is 0.321 e. The molecule has 6 nitrogen and oxygen atoms in total. The summed E-state index contributed by atoms with van der Waals surface area (Å²) in [5, 5.41) is 8.22. The highest BCUT2D eigenvalue weighted by atomic mass is 32.1. The van der Waals surface area contributed by atoms with Gasteiger partial charge in [-0.15, -0.1) is 11.3 Å². The Morgan fingerprint density at radius 3 is 2.20 bits per heavy atom. The molecular weight excluding hydrogens is 334 g/mol. The Morgan fingerprint density at radius 1 is 0.920 bits per heavy atom. The molecule has 1 amide bonds. The normalized spacial score (nSPS) is 10.6. The van der Waals surface area contributed by atoms with E-state index in [0.717, 1.165) is 28.2 Å². The van der Waals surface area contributed by atoms with Gasteiger partial charge in [0.05, 0.1) is 0 Å². The molecule has 0 unspecified atom stereocenters. The van der Waals surface area contributed by atoms with Crippen LogP contribution in [0.1, 0.15) is 33.0 Å². The first kappa shape index (κ1) is 17.0. The lowest BCUT2D eigenvalue weighted by atomic mass is 10.1. The zero-order chi connectivity index (χ0) is 18.0. The summed E-state index contributed by atoms with van der Waals surface area (Å²) >= 11 is 1.34. The van der Waals surface area contributed by atoms with E-state index >= 15 is 0 Å². The number of nitrogens with one attached hydrogen (secondary N) is 2. The molecule has 0 spiro atoms. The lowest BCUT2D eigenvalue weighted by molar-refractivity contribution is 0.102. The van der Waals surface area contributed by atoms with Crippen molar-refractivity contribution in [3.63, 3.8) is 0 Å². The van der Waals surface area contributed by atoms with E-state index < -0.39 is 0 Å². The zero-order valence-corrected chi connectivity index (χ0v) is 15.4. The van der Waals surface area contributed by atoms with Gasteiger partial charge >= 0.3 is 0 Å². The molecule has 0 aliphatic heterocycles. The van der Waals surface area contributed by atoms with E-state index in [9.17, 15) is 4.79 Å². The molecule has 0 fully saturated rings. The maximum atomic E-state index is 12.4. The van der Waals surface area contributed by atoms with Gasteiger partial charge in [-0.25, -0.2) is 15.0 Å². The number of anilines is 3. The van der Waals surface area contributed by atoms with Crippen LogP contribution in [0.2, 0.25) is 0 Å². The predicted molar refractivity (Wildman–Crippen MR) is 101 cm³/mol. The van der Waals surface area contributed by atoms with Crippen LogP contribution in [-0.4, -0.2) is 20.9 Å². The maximum Gasteiger partial charge on any atom is 0.275 e. The smallest absolute Gasteiger partial charge is 0.275 e. The summed E-state index contributed by atoms with van der Waals surface area (Å²) in [7, 11) is 0. The quantitative estimate of drug-likeness (QED) is 0.736. The van der Waals surface area contributed by atoms with Crippen molar-refractivity contribution in [2.24, 2.45) is 0 Å². The number of thiazole rings is 1. The highest BCUT2D eigenvalue weighted by molar-refractivity contribution is 7.14. The maximum absolute atomic E-state index is 12.4. The minimum atomic E-state index is -0.240. The zero-order valence-electron chi connectivity index (χ0n) is 14.5. The van der Waals surface area contributed by atoms with Crippen molar-refractivity contribution in [3.8, 4) is 0 Å². The highest BCUT2D eigenvalue weighted by Crippen LogP contribution is 2.21. The third-order valence-electron chi connectivity index (χ3n) is 3.42. The minimum absolute atomic E-state index is 0.240. The van der Waals surface area contributed by atoms with Crippen molar-refractivity contribution < 1.29 is 4.79 Å². The number of rotatable bonds is 4. The standard InChI is InChI=1S/C18H19N5OS/c1-10-5-11(2)7-14(6-10)21-16(24)15-9-25-18(22-15)23-17-19-12(3)8-13(4)20-17/h5-9H,1-4H3,(H,21,24)(H,19,20,22,23). The fourth-order valence-corrected chi connectivity index (χ4v) is 3.24. The Morgan fingerprint density at radius 2 is 1.56 bits per heavy atom. The molecule has 1 aromatic carbocycles. The van der Waals surface area contributed by atoms with E-state index in [4.69, 9.17) is 0 Å². The Bertz CT molecular complexity index is 894. The van der Waals surface area contributed by atoms with Gasteiger partial charge in [-0.2, -0.15) is 0 Å². The van der Waals surface area contributed by atoms with Crippen molar-refractivity contribution in [3.05, 3.63) is 57.9 Å². The highest BCUT2D eigenvalue weighted by Gasteiger charge is 2.12. The van der Waals surface area contributed by atoms with E-state index in [1.54, 1.807) is 5.38 Å². The number of benzene rings is 1. The second-order valence-corrected chi connectivity index (χ2v) is 6.83. The number of hydrogen-bond acceptors (Lipinski definition) is 6. The molecule has 0 aliphatic rings. The molecule has 0 saturated carbocycles. The van der Waals surface area contributed by atoms with Crippen molar-refractivity contribution in [2.75, 3.05) is 10.6 Å². The Labute approximate surface area is 150 Å². The number of amides is 1. The van der Waals surface area contributed by atoms with E-state index in [1.165, 1.54) is 11.3 Å². The molecule has 0 aliphatic carbocycles. The van der Waals surface area contributed by atoms with Crippen LogP contribution in [-0.2, 0) is 0 Å². The minimum Gasteiger partial charge on any atom is -0.321 e. The van der Waals surface area contributed by atoms with Gasteiger partial charge < -0.3 is 10.6 Å². The topological polar surface area (TPSA) is 79.8 Å². The molecule has 128 valence electrons. The summed E-state index contributed by atoms with van der Waals surface area (Å²) < 4.78 is 0. The van der Waals surface area contributed by atoms with Crippen LogP contribution in [0.15, 0.2) is 29.6 Å². The Kier molecular flexibility index (Phi) is 4.76. The van der Waals surface area contributed by atoms with Crippen LogP contribution >= 0.6 is 11.3 Å². The summed E-state index contributed by atoms with van der Waals surface area (Å²) in [6, 6.07) is 7.82. The Balaban J connectivity index is 1.73. The molecule has 0 bridgehead atoms. The number of carbonyl (C=O) groups excluding carboxylic acids is 1. The number of aromatic nitrogens is 3. The lowest BCUT2D eigenvalue weighted by Crippen LogP contribution is -2.12. The van der Waals surface area contributed by atoms with Crippen LogP contribution in [0.25, 0.3) is 0 Å². The second-order valence-electron chi connectivity index (χ2n) is 5.97. The third kappa shape index (κ3) is 4.39. The third-order valence-corrected chi connectivity index (χ3v) is 4.18. The summed E-state index contributed by atoms with van der Waals surface area (Å²) in [5.41, 5.74) is 5.07. The van der Waals surface area contributed by atoms with Crippen molar-refractivity contribution in [1.29, 1.82) is 0 Å². The predicted octanol–water partition coefficient (Wildman–Crippen LogP) is 4.16. The van der Waals surface area contributed by atoms with Gasteiger partial charge in [0.15, 0.2) is 5.13 Å². The number of nitrogens with zero attached hydrogens (tertiary/aromatic N) is 3. The summed E-state index contributed by atoms with van der Waals surface area (Å²) in [5.74, 6) is 0.240. The first-order valence-electron chi connectivity index (χ1n) is 7.83. The van der Waals surface area contributed by atoms with Gasteiger partial charge in [-0.3, -0.25) is 4.79 Å². The molecule has 25 heavy (non-hydrogen) atoms. The van der Waals surface area contributed by atoms with E-state index in [0.29, 0.717) is 16.8 Å². The van der Waals surface area contributed by atoms with Crippen molar-refractivity contribution in [1.82, 2.24) is 15.0 Å². The summed E-state index contributed by atoms with van der Waals surface area (Å²) in [4.78, 5) is 25.3. The fourth-order valence-electron chi connectivity index (χ4n) is 2.55. The van der Waals surface area contributed by atoms with Crippen LogP contribution in [0.3, 0.4) is 0 Å². The van der Waals surface area contributed by atoms with Gasteiger partial charge in [0, 0.05) is 22.5 Å². The number of hydrogen-bond donors (Lipinski definition) is 2. The molecule has 3 rings (SSSR count). The number of aryl methyl sites for hydroxylation is 4. The van der Waals surface area contributed by atoms with Crippen LogP contribution in [0.4, 0.5) is 16.8 Å². The van der Waals surface area contributed by atoms with Crippen LogP contribution < -0.4 is 10.6 Å². The monoisotopic (exact) mass is 353 g/mol. The van der Waals surface area contributed by atoms with E-state index in [1.807, 2.05) is 45.9 Å².